The molecule has 1 N–H and O–H groups in total. The second-order valence-electron chi connectivity index (χ2n) is 7.79. The highest BCUT2D eigenvalue weighted by Crippen LogP contribution is 2.41. The number of aromatic nitrogens is 2. The van der Waals surface area contributed by atoms with Gasteiger partial charge >= 0.3 is 5.69 Å². The number of nitrogens with zero attached hydrogens (tertiary/aromatic N) is 1. The van der Waals surface area contributed by atoms with Crippen molar-refractivity contribution in [3.8, 4) is 0 Å². The van der Waals surface area contributed by atoms with Crippen LogP contribution in [-0.2, 0) is 0 Å². The Morgan fingerprint density at radius 3 is 2.41 bits per heavy atom. The fourth-order valence-corrected chi connectivity index (χ4v) is 3.92. The summed E-state index contributed by atoms with van der Waals surface area (Å²) in [6.07, 6.45) is 4.23. The van der Waals surface area contributed by atoms with Gasteiger partial charge in [0.25, 0.3) is 0 Å². The Kier molecular flexibility index (Phi) is 3.66. The lowest BCUT2D eigenvalue weighted by Gasteiger charge is -2.37. The zero-order chi connectivity index (χ0) is 16.1. The average molecular weight is 304 g/mol. The Labute approximate surface area is 130 Å². The number of aromatic amines is 1. The van der Waals surface area contributed by atoms with E-state index in [0.717, 1.165) is 36.8 Å². The van der Waals surface area contributed by atoms with Gasteiger partial charge in [0.1, 0.15) is 5.82 Å². The number of aryl methyl sites for hydroxylation is 1. The molecule has 0 atom stereocenters. The summed E-state index contributed by atoms with van der Waals surface area (Å²) in [7, 11) is 0. The van der Waals surface area contributed by atoms with Crippen LogP contribution >= 0.6 is 0 Å². The highest BCUT2D eigenvalue weighted by molar-refractivity contribution is 5.79. The van der Waals surface area contributed by atoms with Gasteiger partial charge in [0.05, 0.1) is 11.0 Å². The van der Waals surface area contributed by atoms with Crippen molar-refractivity contribution in [2.24, 2.45) is 11.3 Å². The molecule has 1 aromatic heterocycles. The molecule has 120 valence electrons. The van der Waals surface area contributed by atoms with E-state index in [9.17, 15) is 9.18 Å². The van der Waals surface area contributed by atoms with Crippen LogP contribution in [0.4, 0.5) is 4.39 Å². The molecule has 0 saturated heterocycles. The molecule has 22 heavy (non-hydrogen) atoms. The van der Waals surface area contributed by atoms with E-state index in [1.807, 2.05) is 6.92 Å². The van der Waals surface area contributed by atoms with Gasteiger partial charge in [-0.15, -0.1) is 0 Å². The summed E-state index contributed by atoms with van der Waals surface area (Å²) in [5.41, 5.74) is 2.47. The van der Waals surface area contributed by atoms with Crippen LogP contribution in [0.5, 0.6) is 0 Å². The maximum Gasteiger partial charge on any atom is 0.326 e. The number of fused-ring (bicyclic) bond motifs is 1. The van der Waals surface area contributed by atoms with Crippen LogP contribution in [0.3, 0.4) is 0 Å². The van der Waals surface area contributed by atoms with Crippen molar-refractivity contribution in [3.63, 3.8) is 0 Å². The normalized spacial score (nSPS) is 23.1. The van der Waals surface area contributed by atoms with Crippen LogP contribution in [0, 0.1) is 24.1 Å². The molecule has 3 rings (SSSR count). The molecule has 0 unspecified atom stereocenters. The topological polar surface area (TPSA) is 37.8 Å². The molecule has 1 saturated carbocycles. The number of hydrogen-bond donors (Lipinski definition) is 1. The SMILES string of the molecule is Cc1cc(F)cc2c1[nH]c(=O)n2C1CCC(C(C)(C)C)CC1. The highest BCUT2D eigenvalue weighted by Gasteiger charge is 2.31. The lowest BCUT2D eigenvalue weighted by molar-refractivity contribution is 0.152. The van der Waals surface area contributed by atoms with E-state index in [2.05, 4.69) is 25.8 Å². The molecule has 0 aliphatic heterocycles. The minimum absolute atomic E-state index is 0.108. The first kappa shape index (κ1) is 15.3. The number of hydrogen-bond acceptors (Lipinski definition) is 1. The Balaban J connectivity index is 1.95. The monoisotopic (exact) mass is 304 g/mol. The van der Waals surface area contributed by atoms with E-state index >= 15 is 0 Å². The summed E-state index contributed by atoms with van der Waals surface area (Å²) in [6, 6.07) is 3.14. The molecule has 0 bridgehead atoms. The summed E-state index contributed by atoms with van der Waals surface area (Å²) in [6.45, 7) is 8.69. The van der Waals surface area contributed by atoms with Gasteiger partial charge < -0.3 is 4.98 Å². The Bertz CT molecular complexity index is 743. The molecule has 0 radical (unpaired) electrons. The molecule has 4 heteroatoms. The fraction of sp³-hybridized carbons (Fsp3) is 0.611. The van der Waals surface area contributed by atoms with Crippen LogP contribution in [0.2, 0.25) is 0 Å². The summed E-state index contributed by atoms with van der Waals surface area (Å²) < 4.78 is 15.5. The van der Waals surface area contributed by atoms with Crippen LogP contribution in [0.15, 0.2) is 16.9 Å². The first-order chi connectivity index (χ1) is 10.3. The fourth-order valence-electron chi connectivity index (χ4n) is 3.92. The third-order valence-corrected chi connectivity index (χ3v) is 5.28. The molecular weight excluding hydrogens is 279 g/mol. The number of H-pyrrole nitrogens is 1. The number of benzene rings is 1. The van der Waals surface area contributed by atoms with E-state index in [0.29, 0.717) is 16.8 Å². The Morgan fingerprint density at radius 2 is 1.82 bits per heavy atom. The molecular formula is C18H25FN2O. The van der Waals surface area contributed by atoms with Gasteiger partial charge in [-0.2, -0.15) is 0 Å². The molecule has 1 aliphatic carbocycles. The lowest BCUT2D eigenvalue weighted by atomic mass is 9.71. The first-order valence-electron chi connectivity index (χ1n) is 8.17. The third-order valence-electron chi connectivity index (χ3n) is 5.28. The van der Waals surface area contributed by atoms with Crippen LogP contribution < -0.4 is 5.69 Å². The van der Waals surface area contributed by atoms with E-state index in [-0.39, 0.29) is 17.5 Å². The standard InChI is InChI=1S/C18H25FN2O/c1-11-9-13(19)10-15-16(11)20-17(22)21(15)14-7-5-12(6-8-14)18(2,3)4/h9-10,12,14H,5-8H2,1-4H3,(H,20,22). The van der Waals surface area contributed by atoms with E-state index in [1.165, 1.54) is 12.1 Å². The average Bonchev–Trinajstić information content (AvgIpc) is 2.74. The molecule has 0 spiro atoms. The van der Waals surface area contributed by atoms with E-state index < -0.39 is 0 Å². The van der Waals surface area contributed by atoms with Gasteiger partial charge in [0.2, 0.25) is 0 Å². The summed E-state index contributed by atoms with van der Waals surface area (Å²) in [5.74, 6) is 0.421. The first-order valence-corrected chi connectivity index (χ1v) is 8.17. The minimum atomic E-state index is -0.277. The van der Waals surface area contributed by atoms with Gasteiger partial charge in [-0.05, 0) is 61.6 Å². The zero-order valence-corrected chi connectivity index (χ0v) is 13.9. The van der Waals surface area contributed by atoms with Crippen LogP contribution in [0.1, 0.15) is 58.1 Å². The number of nitrogens with one attached hydrogen (secondary N) is 1. The van der Waals surface area contributed by atoms with Crippen molar-refractivity contribution in [1.29, 1.82) is 0 Å². The predicted molar refractivity (Wildman–Crippen MR) is 87.7 cm³/mol. The van der Waals surface area contributed by atoms with Gasteiger partial charge in [-0.25, -0.2) is 9.18 Å². The minimum Gasteiger partial charge on any atom is -0.305 e. The lowest BCUT2D eigenvalue weighted by Crippen LogP contribution is -2.30. The maximum atomic E-state index is 13.7. The second kappa shape index (κ2) is 5.25. The smallest absolute Gasteiger partial charge is 0.305 e. The molecule has 1 aliphatic rings. The highest BCUT2D eigenvalue weighted by atomic mass is 19.1. The molecule has 3 nitrogen and oxygen atoms in total. The predicted octanol–water partition coefficient (Wildman–Crippen LogP) is 4.55. The maximum absolute atomic E-state index is 13.7. The second-order valence-corrected chi connectivity index (χ2v) is 7.79. The van der Waals surface area contributed by atoms with E-state index in [4.69, 9.17) is 0 Å². The quantitative estimate of drug-likeness (QED) is 0.824. The van der Waals surface area contributed by atoms with Crippen molar-refractivity contribution in [2.45, 2.75) is 59.4 Å². The third kappa shape index (κ3) is 2.59. The summed E-state index contributed by atoms with van der Waals surface area (Å²) in [5, 5.41) is 0. The van der Waals surface area contributed by atoms with Crippen molar-refractivity contribution in [2.75, 3.05) is 0 Å². The number of imidazole rings is 1. The molecule has 1 heterocycles. The largest absolute Gasteiger partial charge is 0.326 e. The van der Waals surface area contributed by atoms with Crippen LogP contribution in [-0.4, -0.2) is 9.55 Å². The summed E-state index contributed by atoms with van der Waals surface area (Å²) in [4.78, 5) is 15.3. The Hall–Kier alpha value is -1.58. The van der Waals surface area contributed by atoms with Gasteiger partial charge in [-0.3, -0.25) is 4.57 Å². The number of rotatable bonds is 1. The van der Waals surface area contributed by atoms with Crippen molar-refractivity contribution in [1.82, 2.24) is 9.55 Å². The number of halogens is 1. The van der Waals surface area contributed by atoms with Crippen molar-refractivity contribution >= 4 is 11.0 Å². The van der Waals surface area contributed by atoms with Crippen molar-refractivity contribution in [3.05, 3.63) is 34.0 Å². The Morgan fingerprint density at radius 1 is 1.18 bits per heavy atom. The van der Waals surface area contributed by atoms with E-state index in [1.54, 1.807) is 4.57 Å². The molecule has 2 aromatic rings. The van der Waals surface area contributed by atoms with Gasteiger partial charge in [0, 0.05) is 6.04 Å². The molecule has 1 aromatic carbocycles. The van der Waals surface area contributed by atoms with Gasteiger partial charge in [-0.1, -0.05) is 20.8 Å². The zero-order valence-electron chi connectivity index (χ0n) is 13.9. The van der Waals surface area contributed by atoms with Crippen molar-refractivity contribution < 1.29 is 4.39 Å². The molecule has 0 amide bonds. The molecule has 1 fully saturated rings. The summed E-state index contributed by atoms with van der Waals surface area (Å²) >= 11 is 0. The van der Waals surface area contributed by atoms with Crippen LogP contribution in [0.25, 0.3) is 11.0 Å². The van der Waals surface area contributed by atoms with Gasteiger partial charge in [0.15, 0.2) is 0 Å².